The summed E-state index contributed by atoms with van der Waals surface area (Å²) in [7, 11) is 0. The first-order chi connectivity index (χ1) is 9.28. The molecule has 0 fully saturated rings. The van der Waals surface area contributed by atoms with Crippen LogP contribution < -0.4 is 5.73 Å². The minimum Gasteiger partial charge on any atom is -0.384 e. The molecule has 0 spiro atoms. The molecule has 0 aliphatic rings. The molecule has 0 saturated carbocycles. The van der Waals surface area contributed by atoms with E-state index in [1.807, 2.05) is 43.5 Å². The summed E-state index contributed by atoms with van der Waals surface area (Å²) < 4.78 is 0. The van der Waals surface area contributed by atoms with Gasteiger partial charge in [-0.1, -0.05) is 31.2 Å². The van der Waals surface area contributed by atoms with Gasteiger partial charge in [0.2, 0.25) is 0 Å². The van der Waals surface area contributed by atoms with Gasteiger partial charge in [-0.3, -0.25) is 4.98 Å². The van der Waals surface area contributed by atoms with Crippen LogP contribution in [0.4, 0.5) is 5.82 Å². The molecule has 4 nitrogen and oxygen atoms in total. The fraction of sp³-hybridized carbons (Fsp3) is 0.133. The highest BCUT2D eigenvalue weighted by atomic mass is 14.9. The predicted octanol–water partition coefficient (Wildman–Crippen LogP) is 2.84. The van der Waals surface area contributed by atoms with Gasteiger partial charge in [0.05, 0.1) is 0 Å². The smallest absolute Gasteiger partial charge is 0.163 e. The largest absolute Gasteiger partial charge is 0.384 e. The molecule has 2 heterocycles. The standard InChI is InChI=1S/C15H14N4/c1-2-11-7-14(16)19-15(18-11)13-9-17-8-10-5-3-4-6-12(10)13/h3-9H,2H2,1H3,(H2,16,18,19). The van der Waals surface area contributed by atoms with Gasteiger partial charge in [-0.25, -0.2) is 9.97 Å². The Kier molecular flexibility index (Phi) is 2.83. The Hall–Kier alpha value is -2.49. The van der Waals surface area contributed by atoms with Crippen molar-refractivity contribution in [1.82, 2.24) is 15.0 Å². The fourth-order valence-corrected chi connectivity index (χ4v) is 2.11. The Bertz CT molecular complexity index is 732. The van der Waals surface area contributed by atoms with E-state index in [-0.39, 0.29) is 0 Å². The first kappa shape index (κ1) is 11.6. The Balaban J connectivity index is 2.27. The maximum atomic E-state index is 5.84. The average molecular weight is 250 g/mol. The Morgan fingerprint density at radius 3 is 2.79 bits per heavy atom. The van der Waals surface area contributed by atoms with Crippen LogP contribution in [0.1, 0.15) is 12.6 Å². The molecule has 3 aromatic rings. The van der Waals surface area contributed by atoms with Crippen LogP contribution in [0, 0.1) is 0 Å². The summed E-state index contributed by atoms with van der Waals surface area (Å²) in [6, 6.07) is 9.87. The van der Waals surface area contributed by atoms with Crippen LogP contribution in [0.3, 0.4) is 0 Å². The van der Waals surface area contributed by atoms with E-state index < -0.39 is 0 Å². The van der Waals surface area contributed by atoms with E-state index in [0.29, 0.717) is 11.6 Å². The van der Waals surface area contributed by atoms with Crippen molar-refractivity contribution in [2.75, 3.05) is 5.73 Å². The first-order valence-corrected chi connectivity index (χ1v) is 6.24. The van der Waals surface area contributed by atoms with E-state index in [0.717, 1.165) is 28.5 Å². The lowest BCUT2D eigenvalue weighted by molar-refractivity contribution is 1.01. The maximum absolute atomic E-state index is 5.84. The monoisotopic (exact) mass is 250 g/mol. The van der Waals surface area contributed by atoms with Crippen molar-refractivity contribution in [1.29, 1.82) is 0 Å². The van der Waals surface area contributed by atoms with Crippen molar-refractivity contribution in [3.05, 3.63) is 48.4 Å². The Morgan fingerprint density at radius 2 is 1.95 bits per heavy atom. The van der Waals surface area contributed by atoms with Gasteiger partial charge in [-0.05, 0) is 11.8 Å². The highest BCUT2D eigenvalue weighted by molar-refractivity contribution is 5.94. The fourth-order valence-electron chi connectivity index (χ4n) is 2.11. The summed E-state index contributed by atoms with van der Waals surface area (Å²) in [5.74, 6) is 1.14. The van der Waals surface area contributed by atoms with Crippen LogP contribution in [0.15, 0.2) is 42.7 Å². The van der Waals surface area contributed by atoms with Crippen molar-refractivity contribution in [2.24, 2.45) is 0 Å². The number of fused-ring (bicyclic) bond motifs is 1. The highest BCUT2D eigenvalue weighted by Gasteiger charge is 2.08. The molecule has 0 radical (unpaired) electrons. The van der Waals surface area contributed by atoms with Gasteiger partial charge in [0.25, 0.3) is 0 Å². The molecule has 0 atom stereocenters. The molecule has 1 aromatic carbocycles. The molecule has 0 bridgehead atoms. The minimum absolute atomic E-state index is 0.495. The Morgan fingerprint density at radius 1 is 1.11 bits per heavy atom. The van der Waals surface area contributed by atoms with E-state index in [1.165, 1.54) is 0 Å². The molecule has 3 rings (SSSR count). The van der Waals surface area contributed by atoms with Crippen molar-refractivity contribution in [2.45, 2.75) is 13.3 Å². The second-order valence-electron chi connectivity index (χ2n) is 4.37. The molecule has 2 aromatic heterocycles. The molecule has 0 aliphatic heterocycles. The summed E-state index contributed by atoms with van der Waals surface area (Å²) in [5, 5.41) is 2.16. The minimum atomic E-state index is 0.495. The third-order valence-corrected chi connectivity index (χ3v) is 3.07. The van der Waals surface area contributed by atoms with Gasteiger partial charge in [0.15, 0.2) is 5.82 Å². The van der Waals surface area contributed by atoms with E-state index in [9.17, 15) is 0 Å². The molecular formula is C15H14N4. The van der Waals surface area contributed by atoms with Gasteiger partial charge in [-0.2, -0.15) is 0 Å². The third-order valence-electron chi connectivity index (χ3n) is 3.07. The normalized spacial score (nSPS) is 10.8. The lowest BCUT2D eigenvalue weighted by Gasteiger charge is -2.07. The van der Waals surface area contributed by atoms with Crippen LogP contribution >= 0.6 is 0 Å². The number of hydrogen-bond donors (Lipinski definition) is 1. The van der Waals surface area contributed by atoms with Crippen LogP contribution in [0.25, 0.3) is 22.2 Å². The summed E-state index contributed by atoms with van der Waals surface area (Å²) >= 11 is 0. The zero-order valence-corrected chi connectivity index (χ0v) is 10.7. The maximum Gasteiger partial charge on any atom is 0.163 e. The van der Waals surface area contributed by atoms with Gasteiger partial charge < -0.3 is 5.73 Å². The number of aryl methyl sites for hydroxylation is 1. The van der Waals surface area contributed by atoms with Crippen LogP contribution in [-0.2, 0) is 6.42 Å². The number of pyridine rings is 1. The van der Waals surface area contributed by atoms with E-state index >= 15 is 0 Å². The molecule has 0 amide bonds. The van der Waals surface area contributed by atoms with E-state index in [1.54, 1.807) is 6.20 Å². The van der Waals surface area contributed by atoms with Gasteiger partial charge in [0, 0.05) is 35.1 Å². The topological polar surface area (TPSA) is 64.7 Å². The zero-order valence-electron chi connectivity index (χ0n) is 10.7. The zero-order chi connectivity index (χ0) is 13.2. The summed E-state index contributed by atoms with van der Waals surface area (Å²) in [5.41, 5.74) is 7.70. The number of aromatic nitrogens is 3. The lowest BCUT2D eigenvalue weighted by atomic mass is 10.1. The molecule has 0 unspecified atom stereocenters. The SMILES string of the molecule is CCc1cc(N)nc(-c2cncc3ccccc23)n1. The third kappa shape index (κ3) is 2.12. The number of nitrogens with two attached hydrogens (primary N) is 1. The van der Waals surface area contributed by atoms with Gasteiger partial charge in [0.1, 0.15) is 5.82 Å². The van der Waals surface area contributed by atoms with Gasteiger partial charge >= 0.3 is 0 Å². The second kappa shape index (κ2) is 4.65. The number of nitrogens with zero attached hydrogens (tertiary/aromatic N) is 3. The van der Waals surface area contributed by atoms with Crippen molar-refractivity contribution in [3.8, 4) is 11.4 Å². The van der Waals surface area contributed by atoms with E-state index in [2.05, 4.69) is 15.0 Å². The molecule has 2 N–H and O–H groups in total. The summed E-state index contributed by atoms with van der Waals surface area (Å²) in [4.78, 5) is 13.1. The number of nitrogen functional groups attached to an aromatic ring is 1. The number of anilines is 1. The predicted molar refractivity (Wildman–Crippen MR) is 76.6 cm³/mol. The van der Waals surface area contributed by atoms with E-state index in [4.69, 9.17) is 5.73 Å². The quantitative estimate of drug-likeness (QED) is 0.759. The molecule has 0 saturated heterocycles. The molecule has 94 valence electrons. The van der Waals surface area contributed by atoms with Crippen molar-refractivity contribution in [3.63, 3.8) is 0 Å². The molecular weight excluding hydrogens is 236 g/mol. The highest BCUT2D eigenvalue weighted by Crippen LogP contribution is 2.25. The van der Waals surface area contributed by atoms with Crippen molar-refractivity contribution < 1.29 is 0 Å². The van der Waals surface area contributed by atoms with Crippen molar-refractivity contribution >= 4 is 16.6 Å². The number of hydrogen-bond acceptors (Lipinski definition) is 4. The lowest BCUT2D eigenvalue weighted by Crippen LogP contribution is -2.00. The Labute approximate surface area is 111 Å². The first-order valence-electron chi connectivity index (χ1n) is 6.24. The number of rotatable bonds is 2. The molecule has 0 aliphatic carbocycles. The second-order valence-corrected chi connectivity index (χ2v) is 4.37. The van der Waals surface area contributed by atoms with Gasteiger partial charge in [-0.15, -0.1) is 0 Å². The van der Waals surface area contributed by atoms with Crippen LogP contribution in [0.5, 0.6) is 0 Å². The average Bonchev–Trinajstić information content (AvgIpc) is 2.46. The molecule has 4 heteroatoms. The number of benzene rings is 1. The molecule has 19 heavy (non-hydrogen) atoms. The summed E-state index contributed by atoms with van der Waals surface area (Å²) in [6.45, 7) is 2.05. The van der Waals surface area contributed by atoms with Crippen LogP contribution in [0.2, 0.25) is 0 Å². The van der Waals surface area contributed by atoms with Crippen LogP contribution in [-0.4, -0.2) is 15.0 Å². The summed E-state index contributed by atoms with van der Waals surface area (Å²) in [6.07, 6.45) is 4.46.